The van der Waals surface area contributed by atoms with E-state index in [1.807, 2.05) is 25.1 Å². The molecule has 1 aromatic heterocycles. The van der Waals surface area contributed by atoms with Crippen LogP contribution in [0.25, 0.3) is 0 Å². The molecule has 0 spiro atoms. The van der Waals surface area contributed by atoms with E-state index in [9.17, 15) is 17.6 Å². The number of carbonyl (C=O) groups is 1. The van der Waals surface area contributed by atoms with Crippen LogP contribution in [0.5, 0.6) is 0 Å². The first-order valence-corrected chi connectivity index (χ1v) is 10.5. The Labute approximate surface area is 164 Å². The molecule has 1 N–H and O–H groups in total. The molecule has 0 saturated carbocycles. The average molecular weight is 406 g/mol. The van der Waals surface area contributed by atoms with Crippen molar-refractivity contribution in [3.8, 4) is 0 Å². The Balaban J connectivity index is 1.52. The first-order chi connectivity index (χ1) is 13.4. The fourth-order valence-electron chi connectivity index (χ4n) is 3.02. The Kier molecular flexibility index (Phi) is 6.38. The number of hydrogen-bond acceptors (Lipinski definition) is 5. The largest absolute Gasteiger partial charge is 0.339 e. The highest BCUT2D eigenvalue weighted by Crippen LogP contribution is 2.18. The van der Waals surface area contributed by atoms with Crippen LogP contribution in [0.15, 0.2) is 53.6 Å². The second kappa shape index (κ2) is 8.76. The number of pyridine rings is 1. The van der Waals surface area contributed by atoms with Crippen LogP contribution in [-0.4, -0.2) is 61.2 Å². The molecule has 150 valence electrons. The number of hydrogen-bond donors (Lipinski definition) is 1. The van der Waals surface area contributed by atoms with Gasteiger partial charge in [0.2, 0.25) is 15.9 Å². The molecule has 1 aliphatic heterocycles. The minimum absolute atomic E-state index is 0.0551. The minimum atomic E-state index is -3.68. The van der Waals surface area contributed by atoms with E-state index in [0.717, 1.165) is 17.8 Å². The molecular formula is C19H23FN4O3S. The highest BCUT2D eigenvalue weighted by molar-refractivity contribution is 7.89. The van der Waals surface area contributed by atoms with Gasteiger partial charge in [-0.3, -0.25) is 9.78 Å². The zero-order valence-corrected chi connectivity index (χ0v) is 16.4. The van der Waals surface area contributed by atoms with E-state index in [1.54, 1.807) is 11.1 Å². The number of benzene rings is 1. The molecule has 9 heteroatoms. The van der Waals surface area contributed by atoms with Crippen LogP contribution >= 0.6 is 0 Å². The van der Waals surface area contributed by atoms with Gasteiger partial charge in [0.25, 0.3) is 0 Å². The Hall–Kier alpha value is -2.36. The third kappa shape index (κ3) is 4.73. The summed E-state index contributed by atoms with van der Waals surface area (Å²) < 4.78 is 39.6. The summed E-state index contributed by atoms with van der Waals surface area (Å²) in [5, 5.41) is 3.15. The SMILES string of the molecule is CC(NCC(=O)N1CCN(S(=O)(=O)c2ccc(F)cc2)CC1)c1ccccn1. The van der Waals surface area contributed by atoms with E-state index in [-0.39, 0.29) is 36.5 Å². The Morgan fingerprint density at radius 1 is 1.14 bits per heavy atom. The molecule has 7 nitrogen and oxygen atoms in total. The molecule has 1 aromatic carbocycles. The van der Waals surface area contributed by atoms with Gasteiger partial charge in [-0.15, -0.1) is 0 Å². The molecular weight excluding hydrogens is 383 g/mol. The van der Waals surface area contributed by atoms with E-state index < -0.39 is 15.8 Å². The first-order valence-electron chi connectivity index (χ1n) is 9.06. The molecule has 1 amide bonds. The molecule has 1 atom stereocenters. The number of sulfonamides is 1. The number of rotatable bonds is 6. The van der Waals surface area contributed by atoms with Gasteiger partial charge < -0.3 is 10.2 Å². The molecule has 28 heavy (non-hydrogen) atoms. The van der Waals surface area contributed by atoms with Gasteiger partial charge in [0.05, 0.1) is 17.1 Å². The fraction of sp³-hybridized carbons (Fsp3) is 0.368. The van der Waals surface area contributed by atoms with Gasteiger partial charge in [-0.1, -0.05) is 6.07 Å². The molecule has 3 rings (SSSR count). The smallest absolute Gasteiger partial charge is 0.243 e. The average Bonchev–Trinajstić information content (AvgIpc) is 2.73. The van der Waals surface area contributed by atoms with E-state index >= 15 is 0 Å². The van der Waals surface area contributed by atoms with Gasteiger partial charge in [0, 0.05) is 38.4 Å². The maximum absolute atomic E-state index is 13.0. The van der Waals surface area contributed by atoms with Crippen molar-refractivity contribution < 1.29 is 17.6 Å². The number of amides is 1. The molecule has 0 radical (unpaired) electrons. The van der Waals surface area contributed by atoms with Gasteiger partial charge in [0.1, 0.15) is 5.82 Å². The molecule has 1 unspecified atom stereocenters. The lowest BCUT2D eigenvalue weighted by Gasteiger charge is -2.34. The second-order valence-corrected chi connectivity index (χ2v) is 8.53. The van der Waals surface area contributed by atoms with Crippen molar-refractivity contribution in [1.82, 2.24) is 19.5 Å². The summed E-state index contributed by atoms with van der Waals surface area (Å²) in [6.45, 7) is 3.14. The standard InChI is InChI=1S/C19H23FN4O3S/c1-15(18-4-2-3-9-21-18)22-14-19(25)23-10-12-24(13-11-23)28(26,27)17-7-5-16(20)6-8-17/h2-9,15,22H,10-14H2,1H3. The normalized spacial score (nSPS) is 16.7. The van der Waals surface area contributed by atoms with Gasteiger partial charge in [-0.05, 0) is 43.3 Å². The van der Waals surface area contributed by atoms with Crippen molar-refractivity contribution in [1.29, 1.82) is 0 Å². The summed E-state index contributed by atoms with van der Waals surface area (Å²) in [4.78, 5) is 18.4. The summed E-state index contributed by atoms with van der Waals surface area (Å²) in [6.07, 6.45) is 1.70. The highest BCUT2D eigenvalue weighted by atomic mass is 32.2. The molecule has 1 saturated heterocycles. The van der Waals surface area contributed by atoms with Crippen LogP contribution in [0.2, 0.25) is 0 Å². The number of carbonyl (C=O) groups excluding carboxylic acids is 1. The maximum atomic E-state index is 13.0. The van der Waals surface area contributed by atoms with Crippen LogP contribution in [0, 0.1) is 5.82 Å². The monoisotopic (exact) mass is 406 g/mol. The number of piperazine rings is 1. The highest BCUT2D eigenvalue weighted by Gasteiger charge is 2.30. The van der Waals surface area contributed by atoms with Crippen LogP contribution in [0.4, 0.5) is 4.39 Å². The molecule has 2 aromatic rings. The lowest BCUT2D eigenvalue weighted by molar-refractivity contribution is -0.131. The molecule has 0 bridgehead atoms. The predicted octanol–water partition coefficient (Wildman–Crippen LogP) is 1.40. The van der Waals surface area contributed by atoms with Crippen molar-refractivity contribution in [2.24, 2.45) is 0 Å². The van der Waals surface area contributed by atoms with Crippen LogP contribution in [0.3, 0.4) is 0 Å². The summed E-state index contributed by atoms with van der Waals surface area (Å²) >= 11 is 0. The first kappa shape index (κ1) is 20.4. The van der Waals surface area contributed by atoms with Crippen LogP contribution in [-0.2, 0) is 14.8 Å². The number of nitrogens with one attached hydrogen (secondary N) is 1. The van der Waals surface area contributed by atoms with Crippen molar-refractivity contribution in [2.75, 3.05) is 32.7 Å². The Morgan fingerprint density at radius 2 is 1.82 bits per heavy atom. The van der Waals surface area contributed by atoms with Gasteiger partial charge in [-0.2, -0.15) is 4.31 Å². The zero-order chi connectivity index (χ0) is 20.1. The number of aromatic nitrogens is 1. The van der Waals surface area contributed by atoms with Gasteiger partial charge in [0.15, 0.2) is 0 Å². The van der Waals surface area contributed by atoms with Crippen LogP contribution in [0.1, 0.15) is 18.7 Å². The molecule has 1 aliphatic rings. The zero-order valence-electron chi connectivity index (χ0n) is 15.6. The second-order valence-electron chi connectivity index (χ2n) is 6.60. The van der Waals surface area contributed by atoms with E-state index in [4.69, 9.17) is 0 Å². The minimum Gasteiger partial charge on any atom is -0.339 e. The summed E-state index contributed by atoms with van der Waals surface area (Å²) in [6, 6.07) is 10.3. The Morgan fingerprint density at radius 3 is 2.43 bits per heavy atom. The Bertz CT molecular complexity index is 899. The molecule has 2 heterocycles. The van der Waals surface area contributed by atoms with Crippen molar-refractivity contribution >= 4 is 15.9 Å². The third-order valence-electron chi connectivity index (χ3n) is 4.73. The van der Waals surface area contributed by atoms with Crippen molar-refractivity contribution in [3.63, 3.8) is 0 Å². The van der Waals surface area contributed by atoms with E-state index in [0.29, 0.717) is 13.1 Å². The maximum Gasteiger partial charge on any atom is 0.243 e. The van der Waals surface area contributed by atoms with Crippen LogP contribution < -0.4 is 5.32 Å². The molecule has 0 aliphatic carbocycles. The third-order valence-corrected chi connectivity index (χ3v) is 6.65. The lowest BCUT2D eigenvalue weighted by Crippen LogP contribution is -2.52. The lowest BCUT2D eigenvalue weighted by atomic mass is 10.2. The van der Waals surface area contributed by atoms with E-state index in [1.165, 1.54) is 16.4 Å². The summed E-state index contributed by atoms with van der Waals surface area (Å²) in [5.74, 6) is -0.566. The fourth-order valence-corrected chi connectivity index (χ4v) is 4.44. The predicted molar refractivity (Wildman–Crippen MR) is 102 cm³/mol. The number of nitrogens with zero attached hydrogens (tertiary/aromatic N) is 3. The summed E-state index contributed by atoms with van der Waals surface area (Å²) in [7, 11) is -3.68. The topological polar surface area (TPSA) is 82.6 Å². The van der Waals surface area contributed by atoms with Gasteiger partial charge in [-0.25, -0.2) is 12.8 Å². The van der Waals surface area contributed by atoms with E-state index in [2.05, 4.69) is 10.3 Å². The van der Waals surface area contributed by atoms with Crippen molar-refractivity contribution in [2.45, 2.75) is 17.9 Å². The number of halogens is 1. The molecule has 1 fully saturated rings. The van der Waals surface area contributed by atoms with Crippen molar-refractivity contribution in [3.05, 3.63) is 60.2 Å². The summed E-state index contributed by atoms with van der Waals surface area (Å²) in [5.41, 5.74) is 0.852. The quantitative estimate of drug-likeness (QED) is 0.784. The van der Waals surface area contributed by atoms with Gasteiger partial charge >= 0.3 is 0 Å².